The molecule has 3 aromatic rings. The Morgan fingerprint density at radius 3 is 2.74 bits per heavy atom. The van der Waals surface area contributed by atoms with Gasteiger partial charge in [0.05, 0.1) is 25.6 Å². The van der Waals surface area contributed by atoms with Gasteiger partial charge in [-0.1, -0.05) is 0 Å². The van der Waals surface area contributed by atoms with Gasteiger partial charge in [-0.15, -0.1) is 0 Å². The molecule has 23 heavy (non-hydrogen) atoms. The van der Waals surface area contributed by atoms with E-state index in [-0.39, 0.29) is 11.1 Å². The van der Waals surface area contributed by atoms with E-state index in [9.17, 15) is 9.59 Å². The zero-order chi connectivity index (χ0) is 16.6. The van der Waals surface area contributed by atoms with Crippen LogP contribution in [0.4, 0.5) is 0 Å². The quantitative estimate of drug-likeness (QED) is 0.678. The molecule has 120 valence electrons. The van der Waals surface area contributed by atoms with Gasteiger partial charge in [-0.3, -0.25) is 14.2 Å². The smallest absolute Gasteiger partial charge is 0.268 e. The third-order valence-corrected chi connectivity index (χ3v) is 3.71. The highest BCUT2D eigenvalue weighted by Crippen LogP contribution is 2.21. The van der Waals surface area contributed by atoms with Crippen LogP contribution >= 0.6 is 0 Å². The summed E-state index contributed by atoms with van der Waals surface area (Å²) in [6, 6.07) is 4.83. The first kappa shape index (κ1) is 15.2. The van der Waals surface area contributed by atoms with Crippen molar-refractivity contribution >= 4 is 22.1 Å². The van der Waals surface area contributed by atoms with Crippen molar-refractivity contribution < 1.29 is 13.9 Å². The molecule has 1 aromatic carbocycles. The molecule has 0 saturated heterocycles. The summed E-state index contributed by atoms with van der Waals surface area (Å²) in [6.45, 7) is 2.36. The predicted octanol–water partition coefficient (Wildman–Crippen LogP) is 1.47. The topological polar surface area (TPSA) is 83.6 Å². The number of nitrogens with zero attached hydrogens (tertiary/aromatic N) is 2. The van der Waals surface area contributed by atoms with Crippen molar-refractivity contribution in [2.75, 3.05) is 20.8 Å². The number of benzene rings is 1. The Morgan fingerprint density at radius 2 is 2.04 bits per heavy atom. The van der Waals surface area contributed by atoms with Crippen LogP contribution < -0.4 is 15.7 Å². The van der Waals surface area contributed by atoms with E-state index < -0.39 is 11.0 Å². The van der Waals surface area contributed by atoms with Crippen LogP contribution in [-0.4, -0.2) is 30.4 Å². The van der Waals surface area contributed by atoms with E-state index in [0.29, 0.717) is 35.7 Å². The lowest BCUT2D eigenvalue weighted by Crippen LogP contribution is -2.29. The van der Waals surface area contributed by atoms with E-state index in [1.54, 1.807) is 32.2 Å². The zero-order valence-electron chi connectivity index (χ0n) is 13.1. The lowest BCUT2D eigenvalue weighted by Gasteiger charge is -2.10. The number of rotatable bonds is 4. The molecule has 2 aromatic heterocycles. The van der Waals surface area contributed by atoms with E-state index in [1.807, 2.05) is 0 Å². The number of aryl methyl sites for hydroxylation is 1. The Morgan fingerprint density at radius 1 is 1.26 bits per heavy atom. The van der Waals surface area contributed by atoms with E-state index in [1.165, 1.54) is 11.7 Å². The highest BCUT2D eigenvalue weighted by molar-refractivity contribution is 5.88. The second-order valence-electron chi connectivity index (χ2n) is 5.08. The summed E-state index contributed by atoms with van der Waals surface area (Å²) in [5.74, 6) is 1.02. The summed E-state index contributed by atoms with van der Waals surface area (Å²) in [5, 5.41) is 0.267. The van der Waals surface area contributed by atoms with Gasteiger partial charge >= 0.3 is 0 Å². The van der Waals surface area contributed by atoms with Crippen LogP contribution in [0.3, 0.4) is 0 Å². The SMILES string of the molecule is COCCn1c(C)nc2oc3cc(OC)ccc3c(=O)c2c1=O. The standard InChI is InChI=1S/C16H16N2O5/c1-9-17-15-13(16(20)18(9)6-7-21-2)14(19)11-5-4-10(22-3)8-12(11)23-15/h4-5,8H,6-7H2,1-3H3. The van der Waals surface area contributed by atoms with Crippen LogP contribution in [0.15, 0.2) is 32.2 Å². The van der Waals surface area contributed by atoms with Gasteiger partial charge in [0.15, 0.2) is 5.39 Å². The third kappa shape index (κ3) is 2.49. The van der Waals surface area contributed by atoms with Gasteiger partial charge in [0, 0.05) is 13.2 Å². The largest absolute Gasteiger partial charge is 0.497 e. The summed E-state index contributed by atoms with van der Waals surface area (Å²) < 4.78 is 17.2. The molecule has 3 rings (SSSR count). The Hall–Kier alpha value is -2.67. The molecule has 0 fully saturated rings. The molecule has 0 aliphatic carbocycles. The van der Waals surface area contributed by atoms with Crippen molar-refractivity contribution in [1.29, 1.82) is 0 Å². The average molecular weight is 316 g/mol. The maximum absolute atomic E-state index is 12.7. The lowest BCUT2D eigenvalue weighted by molar-refractivity contribution is 0.185. The Kier molecular flexibility index (Phi) is 3.87. The molecule has 0 N–H and O–H groups in total. The molecule has 0 aliphatic heterocycles. The molecule has 7 heteroatoms. The molecular formula is C16H16N2O5. The fourth-order valence-electron chi connectivity index (χ4n) is 2.49. The number of aromatic nitrogens is 2. The Bertz CT molecular complexity index is 1000. The van der Waals surface area contributed by atoms with Crippen LogP contribution in [0.5, 0.6) is 5.75 Å². The number of methoxy groups -OCH3 is 2. The molecule has 0 bridgehead atoms. The van der Waals surface area contributed by atoms with Crippen molar-refractivity contribution in [1.82, 2.24) is 9.55 Å². The summed E-state index contributed by atoms with van der Waals surface area (Å²) >= 11 is 0. The van der Waals surface area contributed by atoms with Crippen LogP contribution in [-0.2, 0) is 11.3 Å². The van der Waals surface area contributed by atoms with Gasteiger partial charge in [0.1, 0.15) is 17.2 Å². The van der Waals surface area contributed by atoms with Crippen molar-refractivity contribution in [3.05, 3.63) is 44.6 Å². The molecule has 0 saturated carbocycles. The molecule has 0 amide bonds. The van der Waals surface area contributed by atoms with Gasteiger partial charge < -0.3 is 13.9 Å². The highest BCUT2D eigenvalue weighted by Gasteiger charge is 2.16. The summed E-state index contributed by atoms with van der Waals surface area (Å²) in [6.07, 6.45) is 0. The second-order valence-corrected chi connectivity index (χ2v) is 5.08. The van der Waals surface area contributed by atoms with Crippen molar-refractivity contribution in [3.63, 3.8) is 0 Å². The van der Waals surface area contributed by atoms with Crippen molar-refractivity contribution in [2.45, 2.75) is 13.5 Å². The normalized spacial score (nSPS) is 11.3. The van der Waals surface area contributed by atoms with Gasteiger partial charge in [-0.25, -0.2) is 0 Å². The van der Waals surface area contributed by atoms with Gasteiger partial charge in [0.2, 0.25) is 11.1 Å². The van der Waals surface area contributed by atoms with E-state index >= 15 is 0 Å². The lowest BCUT2D eigenvalue weighted by atomic mass is 10.2. The van der Waals surface area contributed by atoms with Gasteiger partial charge in [0.25, 0.3) is 5.56 Å². The fraction of sp³-hybridized carbons (Fsp3) is 0.312. The van der Waals surface area contributed by atoms with Gasteiger partial charge in [-0.05, 0) is 19.1 Å². The summed E-state index contributed by atoms with van der Waals surface area (Å²) in [4.78, 5) is 29.5. The molecule has 0 aliphatic rings. The molecule has 2 heterocycles. The molecule has 0 atom stereocenters. The number of ether oxygens (including phenoxy) is 2. The number of fused-ring (bicyclic) bond motifs is 2. The van der Waals surface area contributed by atoms with E-state index in [2.05, 4.69) is 4.98 Å². The van der Waals surface area contributed by atoms with Crippen LogP contribution in [0.2, 0.25) is 0 Å². The maximum Gasteiger partial charge on any atom is 0.268 e. The average Bonchev–Trinajstić information content (AvgIpc) is 2.53. The van der Waals surface area contributed by atoms with Crippen molar-refractivity contribution in [3.8, 4) is 5.75 Å². The van der Waals surface area contributed by atoms with Crippen molar-refractivity contribution in [2.24, 2.45) is 0 Å². The molecule has 7 nitrogen and oxygen atoms in total. The van der Waals surface area contributed by atoms with E-state index in [4.69, 9.17) is 13.9 Å². The Labute approximate surface area is 131 Å². The zero-order valence-corrected chi connectivity index (χ0v) is 13.1. The third-order valence-electron chi connectivity index (χ3n) is 3.71. The highest BCUT2D eigenvalue weighted by atomic mass is 16.5. The van der Waals surface area contributed by atoms with Gasteiger partial charge in [-0.2, -0.15) is 4.98 Å². The predicted molar refractivity (Wildman–Crippen MR) is 85.2 cm³/mol. The first-order valence-electron chi connectivity index (χ1n) is 7.07. The molecule has 0 spiro atoms. The molecular weight excluding hydrogens is 300 g/mol. The first-order valence-corrected chi connectivity index (χ1v) is 7.07. The fourth-order valence-corrected chi connectivity index (χ4v) is 2.49. The number of hydrogen-bond donors (Lipinski definition) is 0. The first-order chi connectivity index (χ1) is 11.1. The summed E-state index contributed by atoms with van der Waals surface area (Å²) in [5.41, 5.74) is -0.446. The van der Waals surface area contributed by atoms with Crippen LogP contribution in [0.1, 0.15) is 5.82 Å². The molecule has 0 radical (unpaired) electrons. The van der Waals surface area contributed by atoms with E-state index in [0.717, 1.165) is 0 Å². The van der Waals surface area contributed by atoms with Crippen LogP contribution in [0, 0.1) is 6.92 Å². The second kappa shape index (κ2) is 5.85. The minimum atomic E-state index is -0.420. The Balaban J connectivity index is 2.37. The monoisotopic (exact) mass is 316 g/mol. The maximum atomic E-state index is 12.7. The number of hydrogen-bond acceptors (Lipinski definition) is 6. The minimum absolute atomic E-state index is 0.0342. The summed E-state index contributed by atoms with van der Waals surface area (Å²) in [7, 11) is 3.07. The minimum Gasteiger partial charge on any atom is -0.497 e. The molecule has 0 unspecified atom stereocenters. The van der Waals surface area contributed by atoms with Crippen LogP contribution in [0.25, 0.3) is 22.1 Å².